The van der Waals surface area contributed by atoms with E-state index in [4.69, 9.17) is 16.3 Å². The van der Waals surface area contributed by atoms with Gasteiger partial charge in [-0.25, -0.2) is 0 Å². The molecule has 1 fully saturated rings. The topological polar surface area (TPSA) is 35.0 Å². The summed E-state index contributed by atoms with van der Waals surface area (Å²) in [6, 6.07) is 0. The molecule has 1 aromatic rings. The van der Waals surface area contributed by atoms with Crippen LogP contribution >= 0.6 is 22.9 Å². The zero-order valence-electron chi connectivity index (χ0n) is 11.2. The van der Waals surface area contributed by atoms with Gasteiger partial charge in [-0.05, 0) is 30.6 Å². The molecular weight excluding hydrogens is 268 g/mol. The highest BCUT2D eigenvalue weighted by molar-refractivity contribution is 7.13. The van der Waals surface area contributed by atoms with Crippen molar-refractivity contribution in [3.63, 3.8) is 0 Å². The summed E-state index contributed by atoms with van der Waals surface area (Å²) in [5.74, 6) is 2.44. The van der Waals surface area contributed by atoms with E-state index in [1.54, 1.807) is 0 Å². The smallest absolute Gasteiger partial charge is 0.294 e. The summed E-state index contributed by atoms with van der Waals surface area (Å²) in [5.41, 5.74) is 0. The molecule has 0 aromatic carbocycles. The van der Waals surface area contributed by atoms with Gasteiger partial charge in [0.05, 0.1) is 5.88 Å². The van der Waals surface area contributed by atoms with E-state index in [2.05, 4.69) is 31.0 Å². The van der Waals surface area contributed by atoms with Gasteiger partial charge in [-0.2, -0.15) is 0 Å². The van der Waals surface area contributed by atoms with Crippen LogP contribution < -0.4 is 4.74 Å². The van der Waals surface area contributed by atoms with Crippen LogP contribution in [0.5, 0.6) is 5.19 Å². The normalized spacial score (nSPS) is 28.6. The minimum atomic E-state index is 0.282. The molecule has 1 aromatic heterocycles. The average Bonchev–Trinajstić information content (AvgIpc) is 2.76. The van der Waals surface area contributed by atoms with Gasteiger partial charge in [0.15, 0.2) is 0 Å². The number of ether oxygens (including phenoxy) is 1. The molecule has 3 nitrogen and oxygen atoms in total. The number of nitrogens with zero attached hydrogens (tertiary/aromatic N) is 2. The molecule has 0 saturated heterocycles. The second-order valence-electron chi connectivity index (χ2n) is 5.58. The zero-order valence-corrected chi connectivity index (χ0v) is 12.8. The van der Waals surface area contributed by atoms with E-state index in [1.165, 1.54) is 24.2 Å². The van der Waals surface area contributed by atoms with E-state index in [0.717, 1.165) is 17.3 Å². The summed E-state index contributed by atoms with van der Waals surface area (Å²) in [7, 11) is 0. The van der Waals surface area contributed by atoms with Crippen molar-refractivity contribution in [3.05, 3.63) is 5.01 Å². The van der Waals surface area contributed by atoms with Gasteiger partial charge in [0, 0.05) is 0 Å². The number of halogens is 1. The summed E-state index contributed by atoms with van der Waals surface area (Å²) in [6.45, 7) is 6.86. The van der Waals surface area contributed by atoms with E-state index in [-0.39, 0.29) is 6.10 Å². The quantitative estimate of drug-likeness (QED) is 0.782. The van der Waals surface area contributed by atoms with Crippen LogP contribution in [0.4, 0.5) is 0 Å². The highest BCUT2D eigenvalue weighted by atomic mass is 35.5. The van der Waals surface area contributed by atoms with E-state index < -0.39 is 0 Å². The maximum atomic E-state index is 6.07. The lowest BCUT2D eigenvalue weighted by molar-refractivity contribution is 0.0453. The van der Waals surface area contributed by atoms with Crippen molar-refractivity contribution in [1.82, 2.24) is 10.2 Å². The number of alkyl halides is 1. The van der Waals surface area contributed by atoms with E-state index in [9.17, 15) is 0 Å². The van der Waals surface area contributed by atoms with Crippen molar-refractivity contribution < 1.29 is 4.74 Å². The summed E-state index contributed by atoms with van der Waals surface area (Å²) in [4.78, 5) is 0. The first-order valence-corrected chi connectivity index (χ1v) is 8.00. The lowest BCUT2D eigenvalue weighted by atomic mass is 9.75. The minimum Gasteiger partial charge on any atom is -0.465 e. The third kappa shape index (κ3) is 3.35. The highest BCUT2D eigenvalue weighted by Gasteiger charge is 2.32. The SMILES string of the molecule is CC1CCC(C(C)C)C(Oc2nnc(CCl)s2)C1. The van der Waals surface area contributed by atoms with Crippen LogP contribution in [0.15, 0.2) is 0 Å². The Morgan fingerprint density at radius 2 is 2.17 bits per heavy atom. The van der Waals surface area contributed by atoms with Crippen LogP contribution in [-0.2, 0) is 5.88 Å². The standard InChI is InChI=1S/C13H21ClN2OS/c1-8(2)10-5-4-9(3)6-11(10)17-13-16-15-12(7-14)18-13/h8-11H,4-7H2,1-3H3. The molecule has 1 saturated carbocycles. The molecule has 1 aliphatic carbocycles. The van der Waals surface area contributed by atoms with Gasteiger partial charge in [0.25, 0.3) is 5.19 Å². The second kappa shape index (κ2) is 6.20. The first kappa shape index (κ1) is 14.1. The Morgan fingerprint density at radius 1 is 1.39 bits per heavy atom. The lowest BCUT2D eigenvalue weighted by Gasteiger charge is -2.36. The van der Waals surface area contributed by atoms with Gasteiger partial charge in [-0.1, -0.05) is 38.5 Å². The third-order valence-electron chi connectivity index (χ3n) is 3.78. The van der Waals surface area contributed by atoms with Gasteiger partial charge >= 0.3 is 0 Å². The molecule has 2 rings (SSSR count). The molecule has 0 amide bonds. The van der Waals surface area contributed by atoms with Crippen molar-refractivity contribution in [3.8, 4) is 5.19 Å². The Morgan fingerprint density at radius 3 is 2.78 bits per heavy atom. The van der Waals surface area contributed by atoms with E-state index in [0.29, 0.717) is 22.9 Å². The predicted octanol–water partition coefficient (Wildman–Crippen LogP) is 4.12. The van der Waals surface area contributed by atoms with Crippen LogP contribution in [0.2, 0.25) is 0 Å². The largest absolute Gasteiger partial charge is 0.465 e. The van der Waals surface area contributed by atoms with Gasteiger partial charge in [-0.3, -0.25) is 0 Å². The molecule has 1 aliphatic rings. The molecule has 0 radical (unpaired) electrons. The summed E-state index contributed by atoms with van der Waals surface area (Å²) >= 11 is 7.20. The molecule has 102 valence electrons. The molecule has 3 unspecified atom stereocenters. The van der Waals surface area contributed by atoms with Crippen molar-refractivity contribution in [2.75, 3.05) is 0 Å². The Hall–Kier alpha value is -0.350. The molecule has 0 aliphatic heterocycles. The van der Waals surface area contributed by atoms with Gasteiger partial charge in [0.1, 0.15) is 11.1 Å². The van der Waals surface area contributed by atoms with E-state index in [1.807, 2.05) is 0 Å². The minimum absolute atomic E-state index is 0.282. The van der Waals surface area contributed by atoms with Crippen LogP contribution in [0.1, 0.15) is 45.0 Å². The average molecular weight is 289 g/mol. The Bertz CT molecular complexity index is 383. The zero-order chi connectivity index (χ0) is 13.1. The Balaban J connectivity index is 2.03. The first-order valence-electron chi connectivity index (χ1n) is 6.65. The maximum Gasteiger partial charge on any atom is 0.294 e. The third-order valence-corrected chi connectivity index (χ3v) is 5.00. The summed E-state index contributed by atoms with van der Waals surface area (Å²) in [5, 5.41) is 9.57. The Labute approximate surface area is 118 Å². The maximum absolute atomic E-state index is 6.07. The monoisotopic (exact) mass is 288 g/mol. The summed E-state index contributed by atoms with van der Waals surface area (Å²) in [6.07, 6.45) is 3.97. The number of rotatable bonds is 4. The summed E-state index contributed by atoms with van der Waals surface area (Å²) < 4.78 is 6.07. The fourth-order valence-corrected chi connectivity index (χ4v) is 3.53. The van der Waals surface area contributed by atoms with Crippen LogP contribution in [0, 0.1) is 17.8 Å². The van der Waals surface area contributed by atoms with E-state index >= 15 is 0 Å². The molecule has 0 spiro atoms. The molecule has 0 N–H and O–H groups in total. The molecule has 5 heteroatoms. The van der Waals surface area contributed by atoms with Gasteiger partial charge in [-0.15, -0.1) is 21.8 Å². The highest BCUT2D eigenvalue weighted by Crippen LogP contribution is 2.36. The van der Waals surface area contributed by atoms with Crippen molar-refractivity contribution in [1.29, 1.82) is 0 Å². The molecule has 18 heavy (non-hydrogen) atoms. The van der Waals surface area contributed by atoms with Crippen molar-refractivity contribution in [2.45, 2.75) is 52.0 Å². The Kier molecular flexibility index (Phi) is 4.84. The lowest BCUT2D eigenvalue weighted by Crippen LogP contribution is -2.36. The molecule has 3 atom stereocenters. The first-order chi connectivity index (χ1) is 8.60. The predicted molar refractivity (Wildman–Crippen MR) is 75.2 cm³/mol. The fourth-order valence-electron chi connectivity index (χ4n) is 2.72. The fraction of sp³-hybridized carbons (Fsp3) is 0.846. The second-order valence-corrected chi connectivity index (χ2v) is 6.87. The molecule has 1 heterocycles. The molecule has 0 bridgehead atoms. The van der Waals surface area contributed by atoms with Crippen LogP contribution in [0.25, 0.3) is 0 Å². The molecular formula is C13H21ClN2OS. The van der Waals surface area contributed by atoms with Crippen molar-refractivity contribution in [2.24, 2.45) is 17.8 Å². The number of aromatic nitrogens is 2. The van der Waals surface area contributed by atoms with Crippen molar-refractivity contribution >= 4 is 22.9 Å². The number of hydrogen-bond donors (Lipinski definition) is 0. The number of hydrogen-bond acceptors (Lipinski definition) is 4. The van der Waals surface area contributed by atoms with Crippen LogP contribution in [0.3, 0.4) is 0 Å². The van der Waals surface area contributed by atoms with Gasteiger partial charge < -0.3 is 4.74 Å². The van der Waals surface area contributed by atoms with Gasteiger partial charge in [0.2, 0.25) is 0 Å². The van der Waals surface area contributed by atoms with Crippen LogP contribution in [-0.4, -0.2) is 16.3 Å².